The maximum Gasteiger partial charge on any atom is 0.335 e. The monoisotopic (exact) mass is 225 g/mol. The fraction of sp³-hybridized carbons (Fsp3) is 0. The first-order valence-corrected chi connectivity index (χ1v) is 4.74. The molecule has 8 heteroatoms. The van der Waals surface area contributed by atoms with Crippen LogP contribution in [0, 0.1) is 0 Å². The second-order valence-electron chi connectivity index (χ2n) is 2.60. The van der Waals surface area contributed by atoms with Gasteiger partial charge >= 0.3 is 6.03 Å². The topological polar surface area (TPSA) is 113 Å². The van der Waals surface area contributed by atoms with E-state index < -0.39 is 6.03 Å². The van der Waals surface area contributed by atoms with Crippen LogP contribution < -0.4 is 16.6 Å². The lowest BCUT2D eigenvalue weighted by molar-refractivity contribution is 0.252. The van der Waals surface area contributed by atoms with Gasteiger partial charge in [-0.05, 0) is 6.07 Å². The van der Waals surface area contributed by atoms with E-state index in [0.29, 0.717) is 10.6 Å². The normalized spacial score (nSPS) is 10.2. The molecule has 15 heavy (non-hydrogen) atoms. The number of aromatic nitrogens is 2. The molecule has 78 valence electrons. The number of nitrogens with two attached hydrogens (primary N) is 1. The zero-order valence-corrected chi connectivity index (χ0v) is 8.21. The maximum atomic E-state index is 10.9. The van der Waals surface area contributed by atoms with Crippen LogP contribution in [0.4, 0.5) is 9.93 Å². The van der Waals surface area contributed by atoms with Crippen molar-refractivity contribution < 1.29 is 9.90 Å². The molecule has 2 amide bonds. The van der Waals surface area contributed by atoms with Crippen molar-refractivity contribution >= 4 is 32.7 Å². The van der Waals surface area contributed by atoms with Crippen LogP contribution in [0.2, 0.25) is 0 Å². The summed E-state index contributed by atoms with van der Waals surface area (Å²) in [6, 6.07) is 1.12. The largest absolute Gasteiger partial charge is 0.492 e. The van der Waals surface area contributed by atoms with Gasteiger partial charge in [0, 0.05) is 6.20 Å². The molecule has 0 bridgehead atoms. The third-order valence-electron chi connectivity index (χ3n) is 1.64. The lowest BCUT2D eigenvalue weighted by Crippen LogP contribution is -2.34. The molecule has 2 aromatic heterocycles. The Kier molecular flexibility index (Phi) is 2.35. The van der Waals surface area contributed by atoms with E-state index in [1.54, 1.807) is 6.07 Å². The molecule has 0 radical (unpaired) electrons. The van der Waals surface area contributed by atoms with Crippen molar-refractivity contribution in [1.82, 2.24) is 15.4 Å². The van der Waals surface area contributed by atoms with Crippen molar-refractivity contribution in [2.75, 3.05) is 5.32 Å². The minimum Gasteiger partial charge on any atom is -0.492 e. The molecule has 0 aliphatic heterocycles. The van der Waals surface area contributed by atoms with Crippen molar-refractivity contribution in [3.63, 3.8) is 0 Å². The highest BCUT2D eigenvalue weighted by molar-refractivity contribution is 7.22. The molecule has 2 aromatic rings. The lowest BCUT2D eigenvalue weighted by atomic mass is 10.4. The number of thiazole rings is 1. The average molecular weight is 225 g/mol. The van der Waals surface area contributed by atoms with Gasteiger partial charge in [-0.1, -0.05) is 11.3 Å². The van der Waals surface area contributed by atoms with Crippen LogP contribution in [0.5, 0.6) is 5.88 Å². The number of hydrazine groups is 1. The number of amides is 2. The Morgan fingerprint density at radius 1 is 1.60 bits per heavy atom. The van der Waals surface area contributed by atoms with Gasteiger partial charge in [-0.15, -0.1) is 0 Å². The van der Waals surface area contributed by atoms with Crippen molar-refractivity contribution in [1.29, 1.82) is 0 Å². The first-order valence-electron chi connectivity index (χ1n) is 3.93. The van der Waals surface area contributed by atoms with Gasteiger partial charge in [0.2, 0.25) is 5.88 Å². The molecule has 0 aliphatic carbocycles. The van der Waals surface area contributed by atoms with E-state index in [2.05, 4.69) is 15.3 Å². The summed E-state index contributed by atoms with van der Waals surface area (Å²) in [6.45, 7) is 0. The Morgan fingerprint density at radius 3 is 3.07 bits per heavy atom. The number of pyridine rings is 1. The second kappa shape index (κ2) is 3.67. The number of rotatable bonds is 1. The van der Waals surface area contributed by atoms with Gasteiger partial charge in [0.25, 0.3) is 0 Å². The predicted molar refractivity (Wildman–Crippen MR) is 55.4 cm³/mol. The minimum atomic E-state index is -0.568. The number of carbonyl (C=O) groups is 1. The molecule has 2 heterocycles. The standard InChI is InChI=1S/C7H7N5O2S/c8-12-6(14)11-7-10-4-3(15-7)1-2-9-5(4)13/h1-2H,8H2,(H,9,13)(H2,10,11,12,14). The molecule has 0 saturated carbocycles. The van der Waals surface area contributed by atoms with Gasteiger partial charge in [0.05, 0.1) is 4.70 Å². The van der Waals surface area contributed by atoms with Crippen LogP contribution in [-0.2, 0) is 0 Å². The lowest BCUT2D eigenvalue weighted by Gasteiger charge is -1.96. The summed E-state index contributed by atoms with van der Waals surface area (Å²) in [4.78, 5) is 18.5. The van der Waals surface area contributed by atoms with E-state index in [1.165, 1.54) is 17.5 Å². The summed E-state index contributed by atoms with van der Waals surface area (Å²) in [6.07, 6.45) is 1.46. The molecule has 0 saturated heterocycles. The van der Waals surface area contributed by atoms with Gasteiger partial charge in [-0.3, -0.25) is 10.7 Å². The molecule has 5 N–H and O–H groups in total. The highest BCUT2D eigenvalue weighted by atomic mass is 32.1. The zero-order valence-electron chi connectivity index (χ0n) is 7.39. The van der Waals surface area contributed by atoms with E-state index in [0.717, 1.165) is 4.70 Å². The van der Waals surface area contributed by atoms with Gasteiger partial charge in [-0.2, -0.15) is 0 Å². The number of nitrogens with zero attached hydrogens (tertiary/aromatic N) is 2. The highest BCUT2D eigenvalue weighted by Crippen LogP contribution is 2.29. The molecule has 0 unspecified atom stereocenters. The summed E-state index contributed by atoms with van der Waals surface area (Å²) < 4.78 is 0.731. The van der Waals surface area contributed by atoms with Crippen molar-refractivity contribution in [3.05, 3.63) is 12.3 Å². The van der Waals surface area contributed by atoms with Crippen LogP contribution in [0.3, 0.4) is 0 Å². The van der Waals surface area contributed by atoms with Crippen LogP contribution >= 0.6 is 11.3 Å². The maximum absolute atomic E-state index is 10.9. The van der Waals surface area contributed by atoms with E-state index >= 15 is 0 Å². The van der Waals surface area contributed by atoms with E-state index in [4.69, 9.17) is 5.84 Å². The van der Waals surface area contributed by atoms with Crippen molar-refractivity contribution in [2.45, 2.75) is 0 Å². The number of anilines is 1. The summed E-state index contributed by atoms with van der Waals surface area (Å²) >= 11 is 1.22. The van der Waals surface area contributed by atoms with Crippen LogP contribution in [0.15, 0.2) is 12.3 Å². The molecule has 0 aliphatic rings. The SMILES string of the molecule is NNC(=O)Nc1nc2c(O)nccc2s1. The molecule has 0 aromatic carbocycles. The van der Waals surface area contributed by atoms with Crippen LogP contribution in [0.1, 0.15) is 0 Å². The number of aromatic hydroxyl groups is 1. The number of carbonyl (C=O) groups excluding carboxylic acids is 1. The van der Waals surface area contributed by atoms with E-state index in [9.17, 15) is 9.90 Å². The first kappa shape index (κ1) is 9.62. The molecule has 0 fully saturated rings. The van der Waals surface area contributed by atoms with Gasteiger partial charge in [0.1, 0.15) is 5.52 Å². The van der Waals surface area contributed by atoms with Crippen molar-refractivity contribution in [2.24, 2.45) is 5.84 Å². The second-order valence-corrected chi connectivity index (χ2v) is 3.63. The molecule has 2 rings (SSSR count). The zero-order chi connectivity index (χ0) is 10.8. The first-order chi connectivity index (χ1) is 7.20. The summed E-state index contributed by atoms with van der Waals surface area (Å²) in [5, 5.41) is 12.1. The number of nitrogens with one attached hydrogen (secondary N) is 2. The molecule has 7 nitrogen and oxygen atoms in total. The van der Waals surface area contributed by atoms with E-state index in [-0.39, 0.29) is 5.88 Å². The number of urea groups is 1. The Bertz CT molecular complexity index is 511. The third kappa shape index (κ3) is 1.80. The fourth-order valence-electron chi connectivity index (χ4n) is 1.03. The number of hydrogen-bond acceptors (Lipinski definition) is 6. The Balaban J connectivity index is 2.39. The number of hydrogen-bond donors (Lipinski definition) is 4. The molecular formula is C7H7N5O2S. The minimum absolute atomic E-state index is 0.162. The van der Waals surface area contributed by atoms with Gasteiger partial charge in [-0.25, -0.2) is 20.6 Å². The Morgan fingerprint density at radius 2 is 2.40 bits per heavy atom. The van der Waals surface area contributed by atoms with Crippen LogP contribution in [0.25, 0.3) is 10.2 Å². The highest BCUT2D eigenvalue weighted by Gasteiger charge is 2.09. The quantitative estimate of drug-likeness (QED) is 0.318. The van der Waals surface area contributed by atoms with Gasteiger partial charge < -0.3 is 5.11 Å². The van der Waals surface area contributed by atoms with Crippen LogP contribution in [-0.4, -0.2) is 21.1 Å². The van der Waals surface area contributed by atoms with Gasteiger partial charge in [0.15, 0.2) is 5.13 Å². The summed E-state index contributed by atoms with van der Waals surface area (Å²) in [5.74, 6) is 4.74. The smallest absolute Gasteiger partial charge is 0.335 e. The fourth-order valence-corrected chi connectivity index (χ4v) is 1.88. The summed E-state index contributed by atoms with van der Waals surface area (Å²) in [7, 11) is 0. The predicted octanol–water partition coefficient (Wildman–Crippen LogP) is 0.392. The molecule has 0 atom stereocenters. The average Bonchev–Trinajstić information content (AvgIpc) is 2.62. The molecule has 0 spiro atoms. The third-order valence-corrected chi connectivity index (χ3v) is 2.58. The Labute approximate surface area is 87.9 Å². The van der Waals surface area contributed by atoms with Crippen molar-refractivity contribution in [3.8, 4) is 5.88 Å². The molecular weight excluding hydrogens is 218 g/mol. The Hall–Kier alpha value is -1.93. The summed E-state index contributed by atoms with van der Waals surface area (Å²) in [5.41, 5.74) is 2.27. The van der Waals surface area contributed by atoms with E-state index in [1.807, 2.05) is 5.43 Å². The number of fused-ring (bicyclic) bond motifs is 1.